The number of furan rings is 1. The summed E-state index contributed by atoms with van der Waals surface area (Å²) in [5.41, 5.74) is 1.51. The van der Waals surface area contributed by atoms with Gasteiger partial charge >= 0.3 is 5.97 Å². The number of carboxylic acid groups (broad SMARTS) is 1. The van der Waals surface area contributed by atoms with Gasteiger partial charge in [-0.05, 0) is 31.5 Å². The lowest BCUT2D eigenvalue weighted by Gasteiger charge is -2.02. The van der Waals surface area contributed by atoms with Crippen LogP contribution in [0.5, 0.6) is 0 Å². The Morgan fingerprint density at radius 1 is 1.32 bits per heavy atom. The van der Waals surface area contributed by atoms with Crippen LogP contribution in [-0.2, 0) is 13.0 Å². The van der Waals surface area contributed by atoms with Crippen molar-refractivity contribution in [3.63, 3.8) is 0 Å². The molecule has 1 aromatic heterocycles. The SMILES string of the molecule is Cc1oc(CNCCc2ccccc2)cc1C(=O)O. The first kappa shape index (κ1) is 13.4. The molecule has 0 fully saturated rings. The molecule has 0 unspecified atom stereocenters. The van der Waals surface area contributed by atoms with Crippen LogP contribution >= 0.6 is 0 Å². The fourth-order valence-corrected chi connectivity index (χ4v) is 1.93. The molecule has 0 aliphatic rings. The predicted octanol–water partition coefficient (Wildman–Crippen LogP) is 2.62. The lowest BCUT2D eigenvalue weighted by molar-refractivity contribution is 0.0695. The summed E-state index contributed by atoms with van der Waals surface area (Å²) in [6.45, 7) is 3.03. The van der Waals surface area contributed by atoms with Crippen LogP contribution in [0, 0.1) is 6.92 Å². The summed E-state index contributed by atoms with van der Waals surface area (Å²) < 4.78 is 5.38. The predicted molar refractivity (Wildman–Crippen MR) is 72.3 cm³/mol. The zero-order valence-corrected chi connectivity index (χ0v) is 10.8. The average molecular weight is 259 g/mol. The second-order valence-corrected chi connectivity index (χ2v) is 4.40. The van der Waals surface area contributed by atoms with Gasteiger partial charge in [-0.3, -0.25) is 0 Å². The van der Waals surface area contributed by atoms with Gasteiger partial charge in [0.2, 0.25) is 0 Å². The van der Waals surface area contributed by atoms with Crippen LogP contribution in [-0.4, -0.2) is 17.6 Å². The second kappa shape index (κ2) is 6.20. The van der Waals surface area contributed by atoms with Crippen molar-refractivity contribution >= 4 is 5.97 Å². The van der Waals surface area contributed by atoms with E-state index in [9.17, 15) is 4.79 Å². The van der Waals surface area contributed by atoms with E-state index >= 15 is 0 Å². The summed E-state index contributed by atoms with van der Waals surface area (Å²) in [5, 5.41) is 12.2. The minimum atomic E-state index is -0.947. The van der Waals surface area contributed by atoms with Gasteiger partial charge in [0, 0.05) is 0 Å². The molecular formula is C15H17NO3. The Kier molecular flexibility index (Phi) is 4.36. The molecule has 2 N–H and O–H groups in total. The molecule has 0 radical (unpaired) electrons. The molecule has 19 heavy (non-hydrogen) atoms. The van der Waals surface area contributed by atoms with Crippen LogP contribution in [0.25, 0.3) is 0 Å². The van der Waals surface area contributed by atoms with Gasteiger partial charge in [0.1, 0.15) is 17.1 Å². The molecule has 1 heterocycles. The molecule has 0 spiro atoms. The first-order valence-electron chi connectivity index (χ1n) is 6.24. The van der Waals surface area contributed by atoms with Gasteiger partial charge in [-0.25, -0.2) is 4.79 Å². The third-order valence-corrected chi connectivity index (χ3v) is 2.93. The van der Waals surface area contributed by atoms with Gasteiger partial charge < -0.3 is 14.8 Å². The summed E-state index contributed by atoms with van der Waals surface area (Å²) >= 11 is 0. The Balaban J connectivity index is 1.80. The number of rotatable bonds is 6. The molecule has 0 aliphatic carbocycles. The average Bonchev–Trinajstić information content (AvgIpc) is 2.77. The van der Waals surface area contributed by atoms with Crippen LogP contribution in [0.1, 0.15) is 27.4 Å². The number of nitrogens with one attached hydrogen (secondary N) is 1. The van der Waals surface area contributed by atoms with Crippen molar-refractivity contribution in [2.45, 2.75) is 19.9 Å². The molecule has 1 aromatic carbocycles. The van der Waals surface area contributed by atoms with Crippen LogP contribution in [0.15, 0.2) is 40.8 Å². The highest BCUT2D eigenvalue weighted by Crippen LogP contribution is 2.14. The van der Waals surface area contributed by atoms with E-state index in [1.807, 2.05) is 18.2 Å². The molecule has 2 aromatic rings. The van der Waals surface area contributed by atoms with Crippen molar-refractivity contribution < 1.29 is 14.3 Å². The van der Waals surface area contributed by atoms with E-state index in [1.165, 1.54) is 5.56 Å². The highest BCUT2D eigenvalue weighted by atomic mass is 16.4. The normalized spacial score (nSPS) is 10.6. The molecule has 4 nitrogen and oxygen atoms in total. The lowest BCUT2D eigenvalue weighted by atomic mass is 10.1. The van der Waals surface area contributed by atoms with Crippen LogP contribution in [0.4, 0.5) is 0 Å². The third-order valence-electron chi connectivity index (χ3n) is 2.93. The van der Waals surface area contributed by atoms with Gasteiger partial charge in [0.25, 0.3) is 0 Å². The van der Waals surface area contributed by atoms with Gasteiger partial charge in [-0.15, -0.1) is 0 Å². The summed E-state index contributed by atoms with van der Waals surface area (Å²) in [4.78, 5) is 10.9. The Morgan fingerprint density at radius 2 is 2.05 bits per heavy atom. The Bertz CT molecular complexity index is 546. The fraction of sp³-hybridized carbons (Fsp3) is 0.267. The molecule has 0 saturated heterocycles. The number of hydrogen-bond donors (Lipinski definition) is 2. The summed E-state index contributed by atoms with van der Waals surface area (Å²) in [6, 6.07) is 11.8. The molecule has 2 rings (SSSR count). The maximum Gasteiger partial charge on any atom is 0.339 e. The van der Waals surface area contributed by atoms with Crippen molar-refractivity contribution in [3.05, 3.63) is 59.0 Å². The zero-order chi connectivity index (χ0) is 13.7. The first-order valence-corrected chi connectivity index (χ1v) is 6.24. The van der Waals surface area contributed by atoms with Crippen molar-refractivity contribution in [2.75, 3.05) is 6.54 Å². The monoisotopic (exact) mass is 259 g/mol. The van der Waals surface area contributed by atoms with Crippen LogP contribution in [0.2, 0.25) is 0 Å². The third kappa shape index (κ3) is 3.69. The lowest BCUT2D eigenvalue weighted by Crippen LogP contribution is -2.16. The number of benzene rings is 1. The van der Waals surface area contributed by atoms with Crippen LogP contribution < -0.4 is 5.32 Å². The topological polar surface area (TPSA) is 62.5 Å². The standard InChI is InChI=1S/C15H17NO3/c1-11-14(15(17)18)9-13(19-11)10-16-8-7-12-5-3-2-4-6-12/h2-6,9,16H,7-8,10H2,1H3,(H,17,18). The molecule has 0 bridgehead atoms. The molecule has 4 heteroatoms. The number of hydrogen-bond acceptors (Lipinski definition) is 3. The van der Waals surface area contributed by atoms with Crippen LogP contribution in [0.3, 0.4) is 0 Å². The Hall–Kier alpha value is -2.07. The van der Waals surface area contributed by atoms with E-state index in [0.717, 1.165) is 13.0 Å². The van der Waals surface area contributed by atoms with E-state index in [1.54, 1.807) is 13.0 Å². The summed E-state index contributed by atoms with van der Waals surface area (Å²) in [5.74, 6) is 0.159. The Morgan fingerprint density at radius 3 is 2.68 bits per heavy atom. The molecule has 0 aliphatic heterocycles. The van der Waals surface area contributed by atoms with E-state index in [4.69, 9.17) is 9.52 Å². The van der Waals surface area contributed by atoms with E-state index in [-0.39, 0.29) is 5.56 Å². The van der Waals surface area contributed by atoms with E-state index < -0.39 is 5.97 Å². The highest BCUT2D eigenvalue weighted by molar-refractivity contribution is 5.88. The zero-order valence-electron chi connectivity index (χ0n) is 10.8. The van der Waals surface area contributed by atoms with E-state index in [0.29, 0.717) is 18.1 Å². The molecular weight excluding hydrogens is 242 g/mol. The minimum absolute atomic E-state index is 0.236. The van der Waals surface area contributed by atoms with Gasteiger partial charge in [0.15, 0.2) is 0 Å². The van der Waals surface area contributed by atoms with Crippen molar-refractivity contribution in [3.8, 4) is 0 Å². The maximum absolute atomic E-state index is 10.9. The molecule has 0 amide bonds. The van der Waals surface area contributed by atoms with Gasteiger partial charge in [-0.1, -0.05) is 30.3 Å². The van der Waals surface area contributed by atoms with Crippen molar-refractivity contribution in [2.24, 2.45) is 0 Å². The number of aromatic carboxylic acids is 1. The smallest absolute Gasteiger partial charge is 0.339 e. The number of aryl methyl sites for hydroxylation is 1. The summed E-state index contributed by atoms with van der Waals surface area (Å²) in [6.07, 6.45) is 0.937. The Labute approximate surface area is 112 Å². The van der Waals surface area contributed by atoms with Gasteiger partial charge in [-0.2, -0.15) is 0 Å². The van der Waals surface area contributed by atoms with Crippen molar-refractivity contribution in [1.29, 1.82) is 0 Å². The first-order chi connectivity index (χ1) is 9.16. The second-order valence-electron chi connectivity index (χ2n) is 4.40. The van der Waals surface area contributed by atoms with Gasteiger partial charge in [0.05, 0.1) is 6.54 Å². The van der Waals surface area contributed by atoms with Crippen molar-refractivity contribution in [1.82, 2.24) is 5.32 Å². The fourth-order valence-electron chi connectivity index (χ4n) is 1.93. The number of carboxylic acids is 1. The highest BCUT2D eigenvalue weighted by Gasteiger charge is 2.12. The molecule has 100 valence electrons. The molecule has 0 atom stereocenters. The largest absolute Gasteiger partial charge is 0.478 e. The van der Waals surface area contributed by atoms with E-state index in [2.05, 4.69) is 17.4 Å². The molecule has 0 saturated carbocycles. The quantitative estimate of drug-likeness (QED) is 0.783. The summed E-state index contributed by atoms with van der Waals surface area (Å²) in [7, 11) is 0. The maximum atomic E-state index is 10.9. The number of carbonyl (C=O) groups is 1. The minimum Gasteiger partial charge on any atom is -0.478 e.